The number of methoxy groups -OCH3 is 1. The first kappa shape index (κ1) is 15.0. The molecule has 0 amide bonds. The molecule has 1 aliphatic rings. The second-order valence-corrected chi connectivity index (χ2v) is 5.78. The molecule has 3 rings (SSSR count). The van der Waals surface area contributed by atoms with Gasteiger partial charge in [-0.15, -0.1) is 0 Å². The molecule has 0 radical (unpaired) electrons. The molecule has 116 valence electrons. The van der Waals surface area contributed by atoms with Crippen molar-refractivity contribution < 1.29 is 9.84 Å². The van der Waals surface area contributed by atoms with Crippen LogP contribution in [-0.2, 0) is 6.42 Å². The molecule has 1 aromatic heterocycles. The maximum atomic E-state index is 10.1. The minimum Gasteiger partial charge on any atom is -0.497 e. The summed E-state index contributed by atoms with van der Waals surface area (Å²) in [7, 11) is 1.68. The fourth-order valence-electron chi connectivity index (χ4n) is 3.14. The number of pyridine rings is 1. The van der Waals surface area contributed by atoms with E-state index in [2.05, 4.69) is 22.0 Å². The third kappa shape index (κ3) is 3.46. The summed E-state index contributed by atoms with van der Waals surface area (Å²) < 4.78 is 5.32. The van der Waals surface area contributed by atoms with E-state index < -0.39 is 0 Å². The summed E-state index contributed by atoms with van der Waals surface area (Å²) in [6, 6.07) is 12.5. The van der Waals surface area contributed by atoms with Gasteiger partial charge in [-0.05, 0) is 48.2 Å². The maximum absolute atomic E-state index is 10.1. The Labute approximate surface area is 131 Å². The van der Waals surface area contributed by atoms with Gasteiger partial charge >= 0.3 is 0 Å². The predicted molar refractivity (Wildman–Crippen MR) is 85.9 cm³/mol. The van der Waals surface area contributed by atoms with Gasteiger partial charge in [0.15, 0.2) is 0 Å². The zero-order chi connectivity index (χ0) is 15.4. The molecule has 2 heterocycles. The van der Waals surface area contributed by atoms with Gasteiger partial charge in [0.25, 0.3) is 0 Å². The van der Waals surface area contributed by atoms with E-state index in [9.17, 15) is 5.11 Å². The summed E-state index contributed by atoms with van der Waals surface area (Å²) in [5, 5.41) is 10.1. The second kappa shape index (κ2) is 6.90. The Morgan fingerprint density at radius 3 is 2.86 bits per heavy atom. The minimum atomic E-state index is -0.256. The van der Waals surface area contributed by atoms with E-state index in [-0.39, 0.29) is 12.1 Å². The van der Waals surface area contributed by atoms with E-state index in [1.165, 1.54) is 11.1 Å². The van der Waals surface area contributed by atoms with Gasteiger partial charge in [0.05, 0.1) is 13.2 Å². The van der Waals surface area contributed by atoms with Crippen LogP contribution in [0.4, 0.5) is 0 Å². The molecule has 1 saturated heterocycles. The Morgan fingerprint density at radius 2 is 2.09 bits per heavy atom. The monoisotopic (exact) mass is 298 g/mol. The van der Waals surface area contributed by atoms with E-state index in [4.69, 9.17) is 4.74 Å². The van der Waals surface area contributed by atoms with Gasteiger partial charge in [0.1, 0.15) is 5.75 Å². The molecule has 1 fully saturated rings. The van der Waals surface area contributed by atoms with Crippen LogP contribution in [0.15, 0.2) is 48.8 Å². The summed E-state index contributed by atoms with van der Waals surface area (Å²) >= 11 is 0. The van der Waals surface area contributed by atoms with Crippen molar-refractivity contribution in [3.8, 4) is 5.75 Å². The lowest BCUT2D eigenvalue weighted by molar-refractivity contribution is 0.175. The highest BCUT2D eigenvalue weighted by atomic mass is 16.5. The van der Waals surface area contributed by atoms with E-state index in [1.807, 2.05) is 36.7 Å². The molecular formula is C18H22N2O2. The molecule has 1 aromatic carbocycles. The summed E-state index contributed by atoms with van der Waals surface area (Å²) in [6.45, 7) is 1.66. The Balaban J connectivity index is 1.71. The number of aliphatic hydroxyl groups is 1. The van der Waals surface area contributed by atoms with Gasteiger partial charge in [0, 0.05) is 31.5 Å². The minimum absolute atomic E-state index is 0.256. The number of aliphatic hydroxyl groups excluding tert-OH is 1. The number of ether oxygens (including phenoxy) is 1. The Hall–Kier alpha value is -1.91. The van der Waals surface area contributed by atoms with Gasteiger partial charge in [-0.2, -0.15) is 0 Å². The lowest BCUT2D eigenvalue weighted by Gasteiger charge is -2.24. The first-order valence-electron chi connectivity index (χ1n) is 7.71. The van der Waals surface area contributed by atoms with Crippen LogP contribution in [0.25, 0.3) is 0 Å². The largest absolute Gasteiger partial charge is 0.497 e. The quantitative estimate of drug-likeness (QED) is 0.921. The molecular weight excluding hydrogens is 276 g/mol. The molecule has 1 N–H and O–H groups in total. The standard InChI is InChI=1S/C18H22N2O2/c1-22-17-4-2-3-15(11-17)18-12-16(21)13-20(18)10-7-14-5-8-19-9-6-14/h2-6,8-9,11,16,18,21H,7,10,12-13H2,1H3/t16-,18+/m1/s1. The Morgan fingerprint density at radius 1 is 1.27 bits per heavy atom. The van der Waals surface area contributed by atoms with Gasteiger partial charge in [-0.1, -0.05) is 12.1 Å². The third-order valence-corrected chi connectivity index (χ3v) is 4.30. The van der Waals surface area contributed by atoms with Crippen LogP contribution in [0, 0.1) is 0 Å². The molecule has 1 aliphatic heterocycles. The number of β-amino-alcohol motifs (C(OH)–C–C–N with tert-alkyl or cyclic N) is 1. The van der Waals surface area contributed by atoms with Crippen molar-refractivity contribution in [1.29, 1.82) is 0 Å². The number of hydrogen-bond acceptors (Lipinski definition) is 4. The Kier molecular flexibility index (Phi) is 4.71. The maximum Gasteiger partial charge on any atom is 0.119 e. The topological polar surface area (TPSA) is 45.6 Å². The number of benzene rings is 1. The van der Waals surface area contributed by atoms with Crippen LogP contribution in [0.2, 0.25) is 0 Å². The van der Waals surface area contributed by atoms with Gasteiger partial charge in [-0.25, -0.2) is 0 Å². The summed E-state index contributed by atoms with van der Waals surface area (Å²) in [4.78, 5) is 6.41. The predicted octanol–water partition coefficient (Wildman–Crippen LogP) is 2.44. The van der Waals surface area contributed by atoms with Crippen molar-refractivity contribution in [2.24, 2.45) is 0 Å². The van der Waals surface area contributed by atoms with Crippen LogP contribution in [0.5, 0.6) is 5.75 Å². The lowest BCUT2D eigenvalue weighted by Crippen LogP contribution is -2.27. The molecule has 0 spiro atoms. The fourth-order valence-corrected chi connectivity index (χ4v) is 3.14. The van der Waals surface area contributed by atoms with Gasteiger partial charge in [-0.3, -0.25) is 9.88 Å². The molecule has 4 nitrogen and oxygen atoms in total. The van der Waals surface area contributed by atoms with Crippen molar-refractivity contribution in [2.75, 3.05) is 20.2 Å². The smallest absolute Gasteiger partial charge is 0.119 e. The first-order valence-corrected chi connectivity index (χ1v) is 7.71. The average Bonchev–Trinajstić information content (AvgIpc) is 2.95. The summed E-state index contributed by atoms with van der Waals surface area (Å²) in [5.74, 6) is 0.868. The summed E-state index contributed by atoms with van der Waals surface area (Å²) in [6.07, 6.45) is 5.15. The molecule has 2 aromatic rings. The molecule has 0 aliphatic carbocycles. The van der Waals surface area contributed by atoms with Crippen molar-refractivity contribution in [3.63, 3.8) is 0 Å². The SMILES string of the molecule is COc1cccc([C@@H]2C[C@@H](O)CN2CCc2ccncc2)c1. The normalized spacial score (nSPS) is 21.9. The van der Waals surface area contributed by atoms with Gasteiger partial charge < -0.3 is 9.84 Å². The first-order chi connectivity index (χ1) is 10.8. The van der Waals surface area contributed by atoms with Gasteiger partial charge in [0.2, 0.25) is 0 Å². The highest BCUT2D eigenvalue weighted by molar-refractivity contribution is 5.31. The highest BCUT2D eigenvalue weighted by Gasteiger charge is 2.31. The van der Waals surface area contributed by atoms with Crippen molar-refractivity contribution >= 4 is 0 Å². The molecule has 22 heavy (non-hydrogen) atoms. The van der Waals surface area contributed by atoms with E-state index >= 15 is 0 Å². The third-order valence-electron chi connectivity index (χ3n) is 4.30. The van der Waals surface area contributed by atoms with Crippen LogP contribution < -0.4 is 4.74 Å². The number of nitrogens with zero attached hydrogens (tertiary/aromatic N) is 2. The molecule has 0 unspecified atom stereocenters. The van der Waals surface area contributed by atoms with Crippen molar-refractivity contribution in [2.45, 2.75) is 25.0 Å². The van der Waals surface area contributed by atoms with E-state index in [1.54, 1.807) is 7.11 Å². The Bertz CT molecular complexity index is 603. The van der Waals surface area contributed by atoms with Crippen LogP contribution in [0.1, 0.15) is 23.6 Å². The number of aromatic nitrogens is 1. The molecule has 0 saturated carbocycles. The second-order valence-electron chi connectivity index (χ2n) is 5.78. The lowest BCUT2D eigenvalue weighted by atomic mass is 10.0. The molecule has 0 bridgehead atoms. The van der Waals surface area contributed by atoms with Crippen molar-refractivity contribution in [3.05, 3.63) is 59.9 Å². The van der Waals surface area contributed by atoms with Crippen LogP contribution in [0.3, 0.4) is 0 Å². The fraction of sp³-hybridized carbons (Fsp3) is 0.389. The molecule has 2 atom stereocenters. The number of rotatable bonds is 5. The van der Waals surface area contributed by atoms with E-state index in [0.717, 1.165) is 31.7 Å². The van der Waals surface area contributed by atoms with E-state index in [0.29, 0.717) is 0 Å². The summed E-state index contributed by atoms with van der Waals surface area (Å²) in [5.41, 5.74) is 2.49. The molecule has 4 heteroatoms. The average molecular weight is 298 g/mol. The van der Waals surface area contributed by atoms with Crippen LogP contribution >= 0.6 is 0 Å². The van der Waals surface area contributed by atoms with Crippen molar-refractivity contribution in [1.82, 2.24) is 9.88 Å². The highest BCUT2D eigenvalue weighted by Crippen LogP contribution is 2.33. The number of likely N-dealkylation sites (tertiary alicyclic amines) is 1. The zero-order valence-electron chi connectivity index (χ0n) is 12.9. The number of hydrogen-bond donors (Lipinski definition) is 1. The zero-order valence-corrected chi connectivity index (χ0v) is 12.9. The van der Waals surface area contributed by atoms with Crippen LogP contribution in [-0.4, -0.2) is 41.3 Å².